The van der Waals surface area contributed by atoms with Gasteiger partial charge in [0, 0.05) is 13.6 Å². The van der Waals surface area contributed by atoms with Crippen molar-refractivity contribution < 1.29 is 40.2 Å². The summed E-state index contributed by atoms with van der Waals surface area (Å²) in [4.78, 5) is 16.3. The third-order valence-electron chi connectivity index (χ3n) is 4.89. The first kappa shape index (κ1) is 25.7. The van der Waals surface area contributed by atoms with E-state index in [1.165, 1.54) is 0 Å². The van der Waals surface area contributed by atoms with Crippen LogP contribution in [-0.2, 0) is 25.9 Å². The van der Waals surface area contributed by atoms with Gasteiger partial charge in [-0.1, -0.05) is 12.6 Å². The summed E-state index contributed by atoms with van der Waals surface area (Å²) < 4.78 is 107. The number of halogens is 8. The van der Waals surface area contributed by atoms with Crippen molar-refractivity contribution in [2.45, 2.75) is 18.9 Å². The van der Waals surface area contributed by atoms with Crippen LogP contribution in [0.4, 0.5) is 35.1 Å². The zero-order chi connectivity index (χ0) is 26.3. The fraction of sp³-hybridized carbons (Fsp3) is 0.182. The average molecular weight is 505 g/mol. The first-order chi connectivity index (χ1) is 16.1. The molecule has 0 amide bonds. The maximum absolute atomic E-state index is 14.2. The third kappa shape index (κ3) is 5.28. The smallest absolute Gasteiger partial charge is 0.416 e. The molecule has 0 aliphatic heterocycles. The van der Waals surface area contributed by atoms with Crippen LogP contribution in [0, 0.1) is 11.6 Å². The lowest BCUT2D eigenvalue weighted by molar-refractivity contribution is -0.143. The van der Waals surface area contributed by atoms with Gasteiger partial charge in [-0.3, -0.25) is 9.36 Å². The summed E-state index contributed by atoms with van der Waals surface area (Å²) in [5, 5.41) is 12.6. The predicted molar refractivity (Wildman–Crippen MR) is 109 cm³/mol. The van der Waals surface area contributed by atoms with Crippen LogP contribution in [0.25, 0.3) is 17.1 Å². The van der Waals surface area contributed by atoms with Crippen molar-refractivity contribution in [3.8, 4) is 17.1 Å². The minimum Gasteiger partial charge on any atom is -0.501 e. The lowest BCUT2D eigenvalue weighted by atomic mass is 10.0. The average Bonchev–Trinajstić information content (AvgIpc) is 2.75. The summed E-state index contributed by atoms with van der Waals surface area (Å²) in [6, 6.07) is 3.78. The van der Waals surface area contributed by atoms with Gasteiger partial charge in [-0.2, -0.15) is 26.3 Å². The molecule has 0 saturated carbocycles. The van der Waals surface area contributed by atoms with Crippen LogP contribution in [-0.4, -0.2) is 14.7 Å². The number of hydrogen-bond acceptors (Lipinski definition) is 4. The van der Waals surface area contributed by atoms with Crippen LogP contribution < -0.4 is 10.9 Å². The van der Waals surface area contributed by atoms with Gasteiger partial charge in [0.25, 0.3) is 5.56 Å². The SMILES string of the molecule is C=C(NCc1cc(C(F)(F)F)cc(C(F)(F)F)c1)c1nc(-c2c(F)cccc2F)n(C)c(=O)c1O. The van der Waals surface area contributed by atoms with Crippen molar-refractivity contribution in [3.05, 3.63) is 87.3 Å². The van der Waals surface area contributed by atoms with Gasteiger partial charge in [-0.25, -0.2) is 13.8 Å². The molecule has 1 heterocycles. The van der Waals surface area contributed by atoms with Crippen LogP contribution >= 0.6 is 0 Å². The highest BCUT2D eigenvalue weighted by Crippen LogP contribution is 2.36. The van der Waals surface area contributed by atoms with Crippen LogP contribution in [0.1, 0.15) is 22.4 Å². The van der Waals surface area contributed by atoms with E-state index in [-0.39, 0.29) is 6.07 Å². The van der Waals surface area contributed by atoms with Gasteiger partial charge in [0.15, 0.2) is 0 Å². The van der Waals surface area contributed by atoms with Crippen molar-refractivity contribution in [2.75, 3.05) is 0 Å². The highest BCUT2D eigenvalue weighted by Gasteiger charge is 2.36. The molecule has 0 aliphatic rings. The molecule has 0 fully saturated rings. The Balaban J connectivity index is 2.00. The molecule has 0 aliphatic carbocycles. The summed E-state index contributed by atoms with van der Waals surface area (Å²) in [5.74, 6) is -3.71. The van der Waals surface area contributed by atoms with Crippen molar-refractivity contribution in [2.24, 2.45) is 7.05 Å². The number of alkyl halides is 6. The highest BCUT2D eigenvalue weighted by atomic mass is 19.4. The second-order valence-corrected chi connectivity index (χ2v) is 7.34. The fourth-order valence-electron chi connectivity index (χ4n) is 3.15. The Labute approximate surface area is 192 Å². The molecule has 0 spiro atoms. The summed E-state index contributed by atoms with van der Waals surface area (Å²) in [6.07, 6.45) is -10.1. The summed E-state index contributed by atoms with van der Waals surface area (Å²) in [5.41, 5.74) is -6.36. The number of rotatable bonds is 5. The van der Waals surface area contributed by atoms with Crippen LogP contribution in [0.2, 0.25) is 0 Å². The van der Waals surface area contributed by atoms with Crippen molar-refractivity contribution in [1.82, 2.24) is 14.9 Å². The molecular weight excluding hydrogens is 490 g/mol. The molecule has 0 radical (unpaired) electrons. The van der Waals surface area contributed by atoms with E-state index in [1.54, 1.807) is 0 Å². The predicted octanol–water partition coefficient (Wildman–Crippen LogP) is 5.23. The van der Waals surface area contributed by atoms with Gasteiger partial charge in [0.2, 0.25) is 5.75 Å². The van der Waals surface area contributed by atoms with E-state index in [1.807, 2.05) is 0 Å². The summed E-state index contributed by atoms with van der Waals surface area (Å²) in [7, 11) is 1.08. The fourth-order valence-corrected chi connectivity index (χ4v) is 3.15. The van der Waals surface area contributed by atoms with Crippen LogP contribution in [0.15, 0.2) is 47.8 Å². The molecule has 3 aromatic rings. The van der Waals surface area contributed by atoms with E-state index in [4.69, 9.17) is 0 Å². The van der Waals surface area contributed by atoms with E-state index < -0.39 is 81.3 Å². The van der Waals surface area contributed by atoms with Gasteiger partial charge < -0.3 is 10.4 Å². The van der Waals surface area contributed by atoms with Crippen molar-refractivity contribution in [1.29, 1.82) is 0 Å². The monoisotopic (exact) mass is 505 g/mol. The molecule has 1 aromatic heterocycles. The van der Waals surface area contributed by atoms with E-state index in [2.05, 4.69) is 16.9 Å². The Hall–Kier alpha value is -3.90. The Morgan fingerprint density at radius 3 is 2.03 bits per heavy atom. The number of aromatic hydroxyl groups is 1. The molecule has 0 atom stereocenters. The number of hydrogen-bond donors (Lipinski definition) is 2. The topological polar surface area (TPSA) is 67.2 Å². The molecule has 13 heteroatoms. The zero-order valence-corrected chi connectivity index (χ0v) is 17.7. The van der Waals surface area contributed by atoms with Crippen molar-refractivity contribution in [3.63, 3.8) is 0 Å². The summed E-state index contributed by atoms with van der Waals surface area (Å²) in [6.45, 7) is 2.83. The molecule has 2 N–H and O–H groups in total. The molecular formula is C22H15F8N3O2. The largest absolute Gasteiger partial charge is 0.501 e. The Morgan fingerprint density at radius 2 is 1.54 bits per heavy atom. The molecule has 5 nitrogen and oxygen atoms in total. The van der Waals surface area contributed by atoms with Crippen LogP contribution in [0.5, 0.6) is 5.75 Å². The van der Waals surface area contributed by atoms with E-state index in [0.717, 1.165) is 25.2 Å². The quantitative estimate of drug-likeness (QED) is 0.467. The number of benzene rings is 2. The third-order valence-corrected chi connectivity index (χ3v) is 4.89. The van der Waals surface area contributed by atoms with Gasteiger partial charge in [0.05, 0.1) is 22.4 Å². The summed E-state index contributed by atoms with van der Waals surface area (Å²) >= 11 is 0. The maximum Gasteiger partial charge on any atom is 0.416 e. The standard InChI is InChI=1S/C22H15F8N3O2/c1-10(31-9-11-6-12(21(25,26)27)8-13(7-11)22(28,29)30)17-18(34)20(35)33(2)19(32-17)16-14(23)4-3-5-15(16)24/h3-8,31,34H,1,9H2,2H3. The maximum atomic E-state index is 14.2. The second kappa shape index (κ2) is 9.04. The second-order valence-electron chi connectivity index (χ2n) is 7.34. The Bertz CT molecular complexity index is 1310. The lowest BCUT2D eigenvalue weighted by Crippen LogP contribution is -2.24. The number of nitrogens with zero attached hydrogens (tertiary/aromatic N) is 2. The van der Waals surface area contributed by atoms with E-state index in [0.29, 0.717) is 16.7 Å². The molecule has 2 aromatic carbocycles. The van der Waals surface area contributed by atoms with E-state index >= 15 is 0 Å². The molecule has 0 saturated heterocycles. The molecule has 0 unspecified atom stereocenters. The molecule has 0 bridgehead atoms. The van der Waals surface area contributed by atoms with Gasteiger partial charge in [-0.05, 0) is 35.9 Å². The Kier molecular flexibility index (Phi) is 6.64. The van der Waals surface area contributed by atoms with Crippen LogP contribution in [0.3, 0.4) is 0 Å². The van der Waals surface area contributed by atoms with Gasteiger partial charge in [-0.15, -0.1) is 0 Å². The minimum atomic E-state index is -5.06. The number of nitrogens with one attached hydrogen (secondary N) is 1. The normalized spacial score (nSPS) is 12.0. The first-order valence-electron chi connectivity index (χ1n) is 9.57. The lowest BCUT2D eigenvalue weighted by Gasteiger charge is -2.17. The van der Waals surface area contributed by atoms with Gasteiger partial charge in [0.1, 0.15) is 23.2 Å². The number of aromatic nitrogens is 2. The Morgan fingerprint density at radius 1 is 1.03 bits per heavy atom. The van der Waals surface area contributed by atoms with E-state index in [9.17, 15) is 45.0 Å². The molecule has 35 heavy (non-hydrogen) atoms. The first-order valence-corrected chi connectivity index (χ1v) is 9.57. The zero-order valence-electron chi connectivity index (χ0n) is 17.7. The van der Waals surface area contributed by atoms with Gasteiger partial charge >= 0.3 is 12.4 Å². The van der Waals surface area contributed by atoms with Crippen molar-refractivity contribution >= 4 is 5.70 Å². The molecule has 186 valence electrons. The molecule has 3 rings (SSSR count). The highest BCUT2D eigenvalue weighted by molar-refractivity contribution is 5.67. The minimum absolute atomic E-state index is 0.0398.